The van der Waals surface area contributed by atoms with Gasteiger partial charge in [0.2, 0.25) is 11.6 Å². The summed E-state index contributed by atoms with van der Waals surface area (Å²) in [5, 5.41) is 18.1. The molecule has 5 nitrogen and oxygen atoms in total. The van der Waals surface area contributed by atoms with Crippen LogP contribution < -0.4 is 0 Å². The summed E-state index contributed by atoms with van der Waals surface area (Å²) < 4.78 is 215. The van der Waals surface area contributed by atoms with Crippen molar-refractivity contribution in [2.45, 2.75) is 228 Å². The molecule has 640 valence electrons. The molecule has 0 aliphatic rings. The maximum Gasteiger partial charge on any atom is 0.418 e. The van der Waals surface area contributed by atoms with Crippen LogP contribution in [0, 0.1) is 291 Å². The lowest BCUT2D eigenvalue weighted by Gasteiger charge is -2.25. The first-order valence-electron chi connectivity index (χ1n) is 41.7. The van der Waals surface area contributed by atoms with E-state index >= 15 is 48.3 Å². The Morgan fingerprint density at radius 1 is 0.202 bits per heavy atom. The van der Waals surface area contributed by atoms with Crippen molar-refractivity contribution in [3.63, 3.8) is 0 Å². The fraction of sp³-hybridized carbons (Fsp3) is 0.311. The molecule has 0 radical (unpaired) electrons. The van der Waals surface area contributed by atoms with E-state index in [2.05, 4.69) is 61.5 Å². The number of alkyl halides is 3. The quantitative estimate of drug-likeness (QED) is 0.0929. The molecule has 0 bridgehead atoms. The van der Waals surface area contributed by atoms with Crippen molar-refractivity contribution in [1.82, 2.24) is 18.3 Å². The smallest absolute Gasteiger partial charge is 0.308 e. The molecule has 16 aromatic rings. The van der Waals surface area contributed by atoms with Gasteiger partial charge in [-0.05, 0) is 424 Å². The highest BCUT2D eigenvalue weighted by Gasteiger charge is 2.42. The molecule has 0 unspecified atom stereocenters. The van der Waals surface area contributed by atoms with E-state index in [-0.39, 0.29) is 28.2 Å². The van der Waals surface area contributed by atoms with Crippen LogP contribution in [-0.2, 0) is 6.18 Å². The van der Waals surface area contributed by atoms with E-state index in [0.29, 0.717) is 44.3 Å². The first-order valence-corrected chi connectivity index (χ1v) is 41.7. The Kier molecular flexibility index (Phi) is 20.6. The minimum absolute atomic E-state index is 0.126. The topological polar surface area (TPSA) is 43.5 Å². The lowest BCUT2D eigenvalue weighted by molar-refractivity contribution is -0.137. The Hall–Kier alpha value is -11.6. The highest BCUT2D eigenvalue weighted by Crippen LogP contribution is 2.55. The third kappa shape index (κ3) is 11.4. The molecule has 16 rings (SSSR count). The van der Waals surface area contributed by atoms with Crippen LogP contribution >= 0.6 is 0 Å². The Morgan fingerprint density at radius 3 is 0.556 bits per heavy atom. The molecule has 0 fully saturated rings. The second-order valence-corrected chi connectivity index (χ2v) is 35.4. The zero-order chi connectivity index (χ0) is 91.6. The van der Waals surface area contributed by atoms with Crippen LogP contribution in [-0.4, -0.2) is 18.3 Å². The summed E-state index contributed by atoms with van der Waals surface area (Å²) in [5.41, 5.74) is 30.0. The zero-order valence-electron chi connectivity index (χ0n) is 76.5. The van der Waals surface area contributed by atoms with Crippen molar-refractivity contribution < 1.29 is 57.1 Å². The standard InChI is InChI=1S/C53H50F8N2.C53H50F5N3/c1-19-23(5)31(13)49-39(27(19)9)40-28(10)20(2)24(6)32(14)50(40)62(49)37-18-36(53(59,60)61)38(17-35(37)43-44(54)46(56)48(58)47(57)45(43)55)63-51-33(15)25(7)21(3)29(11)41(51)42-30(12)22(4)26(8)34(16)52(42)63;1-20-24(5)32(13)50-40(28(20)9)41-29(10)21(2)25(6)33(14)51(41)60(50)38-18-37(44-45(54)47(56)49(58)48(57)46(44)55)39(17-36(38)19-59)61-52-34(15)26(7)22(3)30(11)42(52)43-31(12)23(4)27(8)35(16)53(43)61/h17-18H,1-16H3;17-18H,1-16H3. The monoisotopic (exact) mass is 1690 g/mol. The number of hydrogen-bond acceptors (Lipinski definition) is 1. The van der Waals surface area contributed by atoms with Crippen LogP contribution in [0.3, 0.4) is 0 Å². The molecule has 12 aromatic carbocycles. The van der Waals surface area contributed by atoms with Crippen molar-refractivity contribution >= 4 is 87.2 Å². The third-order valence-electron chi connectivity index (χ3n) is 30.6. The van der Waals surface area contributed by atoms with Gasteiger partial charge >= 0.3 is 6.18 Å². The number of rotatable bonds is 6. The number of hydrogen-bond donors (Lipinski definition) is 0. The number of nitriles is 1. The summed E-state index contributed by atoms with van der Waals surface area (Å²) in [7, 11) is 0. The van der Waals surface area contributed by atoms with Gasteiger partial charge in [-0.1, -0.05) is 0 Å². The molecule has 0 saturated heterocycles. The van der Waals surface area contributed by atoms with Gasteiger partial charge in [0.1, 0.15) is 6.07 Å². The second kappa shape index (κ2) is 29.3. The fourth-order valence-electron chi connectivity index (χ4n) is 20.7. The van der Waals surface area contributed by atoms with Crippen LogP contribution in [0.5, 0.6) is 0 Å². The zero-order valence-corrected chi connectivity index (χ0v) is 76.5. The van der Waals surface area contributed by atoms with Crippen molar-refractivity contribution in [1.29, 1.82) is 5.26 Å². The fourth-order valence-corrected chi connectivity index (χ4v) is 20.7. The van der Waals surface area contributed by atoms with E-state index in [4.69, 9.17) is 0 Å². The van der Waals surface area contributed by atoms with Crippen molar-refractivity contribution in [2.24, 2.45) is 0 Å². The molecular formula is C106H100F13N5. The number of nitrogens with zero attached hydrogens (tertiary/aromatic N) is 5. The maximum absolute atomic E-state index is 16.6. The van der Waals surface area contributed by atoms with Gasteiger partial charge in [-0.3, -0.25) is 0 Å². The van der Waals surface area contributed by atoms with Gasteiger partial charge in [-0.15, -0.1) is 0 Å². The number of fused-ring (bicyclic) bond motifs is 12. The van der Waals surface area contributed by atoms with Gasteiger partial charge in [-0.25, -0.2) is 43.9 Å². The van der Waals surface area contributed by atoms with Crippen LogP contribution in [0.15, 0.2) is 24.3 Å². The van der Waals surface area contributed by atoms with E-state index in [9.17, 15) is 14.0 Å². The van der Waals surface area contributed by atoms with Crippen LogP contribution in [0.25, 0.3) is 132 Å². The Bertz CT molecular complexity index is 7390. The molecule has 0 atom stereocenters. The van der Waals surface area contributed by atoms with Crippen LogP contribution in [0.2, 0.25) is 0 Å². The molecule has 0 N–H and O–H groups in total. The molecule has 18 heteroatoms. The van der Waals surface area contributed by atoms with Gasteiger partial charge in [0.15, 0.2) is 46.5 Å². The van der Waals surface area contributed by atoms with E-state index < -0.39 is 92.3 Å². The minimum Gasteiger partial charge on any atom is -0.308 e. The van der Waals surface area contributed by atoms with Crippen molar-refractivity contribution in [2.75, 3.05) is 0 Å². The number of benzene rings is 12. The normalized spacial score (nSPS) is 12.2. The summed E-state index contributed by atoms with van der Waals surface area (Å²) >= 11 is 0. The Labute approximate surface area is 714 Å². The average Bonchev–Trinajstić information content (AvgIpc) is 1.54. The molecule has 0 aliphatic carbocycles. The summed E-state index contributed by atoms with van der Waals surface area (Å²) in [6, 6.07) is 7.33. The number of halogens is 13. The van der Waals surface area contributed by atoms with Gasteiger partial charge < -0.3 is 18.3 Å². The van der Waals surface area contributed by atoms with E-state index in [0.717, 1.165) is 233 Å². The number of aromatic nitrogens is 4. The average molecular weight is 1690 g/mol. The minimum atomic E-state index is -5.10. The summed E-state index contributed by atoms with van der Waals surface area (Å²) in [6.45, 7) is 63.3. The van der Waals surface area contributed by atoms with Gasteiger partial charge in [0.25, 0.3) is 0 Å². The summed E-state index contributed by atoms with van der Waals surface area (Å²) in [6.07, 6.45) is -5.10. The molecule has 0 aliphatic heterocycles. The molecule has 0 spiro atoms. The lowest BCUT2D eigenvalue weighted by atomic mass is 9.90. The van der Waals surface area contributed by atoms with Gasteiger partial charge in [0.05, 0.1) is 89.1 Å². The highest BCUT2D eigenvalue weighted by molar-refractivity contribution is 6.20. The van der Waals surface area contributed by atoms with E-state index in [1.165, 1.54) is 10.6 Å². The van der Waals surface area contributed by atoms with Crippen LogP contribution in [0.4, 0.5) is 57.1 Å². The van der Waals surface area contributed by atoms with Crippen molar-refractivity contribution in [3.8, 4) is 51.1 Å². The largest absolute Gasteiger partial charge is 0.418 e. The van der Waals surface area contributed by atoms with Gasteiger partial charge in [-0.2, -0.15) is 18.4 Å². The van der Waals surface area contributed by atoms with Crippen molar-refractivity contribution in [3.05, 3.63) is 272 Å². The van der Waals surface area contributed by atoms with Crippen LogP contribution in [0.1, 0.15) is 189 Å². The molecular weight excluding hydrogens is 1590 g/mol. The molecule has 4 heterocycles. The van der Waals surface area contributed by atoms with E-state index in [1.54, 1.807) is 10.6 Å². The maximum atomic E-state index is 16.6. The predicted octanol–water partition coefficient (Wildman–Crippen LogP) is 31.2. The SMILES string of the molecule is Cc1c(C)c(C)c2c(c1C)c1c(C)c(C)c(C)c(C)c1n2-c1cc(-c2c(F)c(F)c(F)c(F)c2F)c(-n2c3c(C)c(C)c(C)c(C)c3c3c(C)c(C)c(C)c(C)c32)cc1C#N.Cc1c(C)c(C)c2c(c1C)c1c(C)c(C)c(C)c(C)c1n2-c1cc(C(F)(F)F)c(-n2c3c(C)c(C)c(C)c(C)c3c3c(C)c(C)c(C)c(C)c32)cc1-c1c(F)c(F)c(F)c(F)c1F. The highest BCUT2D eigenvalue weighted by atomic mass is 19.4. The molecule has 4 aromatic heterocycles. The summed E-state index contributed by atoms with van der Waals surface area (Å²) in [4.78, 5) is 0. The number of aryl methyl sites for hydroxylation is 16. The van der Waals surface area contributed by atoms with E-state index in [1.807, 2.05) is 175 Å². The Morgan fingerprint density at radius 2 is 0.363 bits per heavy atom. The predicted molar refractivity (Wildman–Crippen MR) is 482 cm³/mol. The first-order chi connectivity index (χ1) is 57.8. The molecule has 0 amide bonds. The molecule has 124 heavy (non-hydrogen) atoms. The Balaban J connectivity index is 0.000000192. The van der Waals surface area contributed by atoms with Gasteiger partial charge in [0, 0.05) is 54.2 Å². The first kappa shape index (κ1) is 87.3. The lowest BCUT2D eigenvalue weighted by Crippen LogP contribution is -2.15. The second-order valence-electron chi connectivity index (χ2n) is 35.4. The molecule has 0 saturated carbocycles. The summed E-state index contributed by atoms with van der Waals surface area (Å²) in [5.74, 6) is -21.3. The third-order valence-corrected chi connectivity index (χ3v) is 30.6.